The summed E-state index contributed by atoms with van der Waals surface area (Å²) in [5, 5.41) is 0. The van der Waals surface area contributed by atoms with E-state index in [2.05, 4.69) is 59.4 Å². The Morgan fingerprint density at radius 2 is 1.50 bits per heavy atom. The van der Waals surface area contributed by atoms with Gasteiger partial charge in [0.2, 0.25) is 0 Å². The molecule has 0 spiro atoms. The van der Waals surface area contributed by atoms with Gasteiger partial charge in [-0.15, -0.1) is 0 Å². The fourth-order valence-corrected chi connectivity index (χ4v) is 2.17. The smallest absolute Gasteiger partial charge is 0.0704 e. The second-order valence-corrected chi connectivity index (χ2v) is 5.02. The first-order valence-electron chi connectivity index (χ1n) is 6.68. The lowest BCUT2D eigenvalue weighted by atomic mass is 10.0. The highest BCUT2D eigenvalue weighted by molar-refractivity contribution is 5.69. The zero-order valence-electron chi connectivity index (χ0n) is 11.7. The molecule has 3 rings (SSSR count). The number of hydrogen-bond donors (Lipinski definition) is 0. The predicted molar refractivity (Wildman–Crippen MR) is 82.4 cm³/mol. The van der Waals surface area contributed by atoms with Gasteiger partial charge in [0.05, 0.1) is 11.4 Å². The van der Waals surface area contributed by atoms with Crippen molar-refractivity contribution in [2.24, 2.45) is 0 Å². The van der Waals surface area contributed by atoms with E-state index in [0.29, 0.717) is 0 Å². The third kappa shape index (κ3) is 2.59. The van der Waals surface area contributed by atoms with Crippen LogP contribution < -0.4 is 0 Å². The van der Waals surface area contributed by atoms with Crippen LogP contribution in [0.25, 0.3) is 22.5 Å². The van der Waals surface area contributed by atoms with E-state index in [0.717, 1.165) is 22.5 Å². The highest BCUT2D eigenvalue weighted by Gasteiger charge is 2.03. The molecule has 0 aliphatic rings. The SMILES string of the molecule is Cc1ccc(-c2cccc(-c3cc(C)ccn3)c2)nc1. The standard InChI is InChI=1S/C18H16N2/c1-13-8-9-19-18(10-13)16-5-3-4-15(11-16)17-7-6-14(2)12-20-17/h3-12H,1-2H3. The zero-order valence-corrected chi connectivity index (χ0v) is 11.7. The van der Waals surface area contributed by atoms with Gasteiger partial charge in [-0.1, -0.05) is 24.3 Å². The topological polar surface area (TPSA) is 25.8 Å². The molecule has 1 aromatic carbocycles. The molecule has 2 heterocycles. The summed E-state index contributed by atoms with van der Waals surface area (Å²) in [6, 6.07) is 16.6. The maximum Gasteiger partial charge on any atom is 0.0704 e. The van der Waals surface area contributed by atoms with Gasteiger partial charge in [0.15, 0.2) is 0 Å². The van der Waals surface area contributed by atoms with Gasteiger partial charge in [0.1, 0.15) is 0 Å². The van der Waals surface area contributed by atoms with E-state index in [-0.39, 0.29) is 0 Å². The number of aromatic nitrogens is 2. The number of nitrogens with zero attached hydrogens (tertiary/aromatic N) is 2. The first kappa shape index (κ1) is 12.5. The Balaban J connectivity index is 2.03. The van der Waals surface area contributed by atoms with E-state index in [1.54, 1.807) is 0 Å². The summed E-state index contributed by atoms with van der Waals surface area (Å²) in [6.45, 7) is 4.13. The zero-order chi connectivity index (χ0) is 13.9. The minimum atomic E-state index is 0.991. The summed E-state index contributed by atoms with van der Waals surface area (Å²) in [6.07, 6.45) is 3.74. The fraction of sp³-hybridized carbons (Fsp3) is 0.111. The summed E-state index contributed by atoms with van der Waals surface area (Å²) < 4.78 is 0. The molecular weight excluding hydrogens is 244 g/mol. The summed E-state index contributed by atoms with van der Waals surface area (Å²) in [5.41, 5.74) is 6.61. The van der Waals surface area contributed by atoms with Crippen molar-refractivity contribution in [3.05, 3.63) is 72.1 Å². The predicted octanol–water partition coefficient (Wildman–Crippen LogP) is 4.43. The van der Waals surface area contributed by atoms with Crippen molar-refractivity contribution >= 4 is 0 Å². The van der Waals surface area contributed by atoms with Crippen LogP contribution in [0.5, 0.6) is 0 Å². The van der Waals surface area contributed by atoms with Crippen LogP contribution in [0.15, 0.2) is 60.9 Å². The summed E-state index contributed by atoms with van der Waals surface area (Å²) in [5.74, 6) is 0. The molecule has 2 nitrogen and oxygen atoms in total. The highest BCUT2D eigenvalue weighted by atomic mass is 14.7. The molecule has 2 heteroatoms. The van der Waals surface area contributed by atoms with Gasteiger partial charge in [-0.25, -0.2) is 0 Å². The van der Waals surface area contributed by atoms with Gasteiger partial charge in [-0.2, -0.15) is 0 Å². The molecule has 0 saturated heterocycles. The Bertz CT molecular complexity index is 730. The van der Waals surface area contributed by atoms with Crippen molar-refractivity contribution in [3.8, 4) is 22.5 Å². The van der Waals surface area contributed by atoms with Crippen LogP contribution in [0.2, 0.25) is 0 Å². The third-order valence-electron chi connectivity index (χ3n) is 3.28. The molecule has 0 aliphatic heterocycles. The average Bonchev–Trinajstić information content (AvgIpc) is 2.48. The Morgan fingerprint density at radius 1 is 0.700 bits per heavy atom. The van der Waals surface area contributed by atoms with Gasteiger partial charge in [-0.3, -0.25) is 9.97 Å². The van der Waals surface area contributed by atoms with Gasteiger partial charge in [0.25, 0.3) is 0 Å². The quantitative estimate of drug-likeness (QED) is 0.681. The molecule has 0 radical (unpaired) electrons. The molecular formula is C18H16N2. The van der Waals surface area contributed by atoms with E-state index in [1.165, 1.54) is 11.1 Å². The monoisotopic (exact) mass is 260 g/mol. The first-order valence-corrected chi connectivity index (χ1v) is 6.68. The molecule has 0 fully saturated rings. The molecule has 0 aliphatic carbocycles. The Kier molecular flexibility index (Phi) is 3.30. The molecule has 0 saturated carbocycles. The Hall–Kier alpha value is -2.48. The van der Waals surface area contributed by atoms with E-state index in [4.69, 9.17) is 0 Å². The van der Waals surface area contributed by atoms with Crippen LogP contribution >= 0.6 is 0 Å². The highest BCUT2D eigenvalue weighted by Crippen LogP contribution is 2.24. The van der Waals surface area contributed by atoms with Crippen molar-refractivity contribution in [1.29, 1.82) is 0 Å². The first-order chi connectivity index (χ1) is 9.72. The lowest BCUT2D eigenvalue weighted by Crippen LogP contribution is -1.87. The second-order valence-electron chi connectivity index (χ2n) is 5.02. The van der Waals surface area contributed by atoms with Gasteiger partial charge in [-0.05, 0) is 49.2 Å². The molecule has 0 bridgehead atoms. The number of pyridine rings is 2. The minimum absolute atomic E-state index is 0.991. The summed E-state index contributed by atoms with van der Waals surface area (Å²) >= 11 is 0. The van der Waals surface area contributed by atoms with Crippen molar-refractivity contribution in [1.82, 2.24) is 9.97 Å². The number of rotatable bonds is 2. The Labute approximate surface area is 119 Å². The van der Waals surface area contributed by atoms with Crippen LogP contribution in [0.1, 0.15) is 11.1 Å². The fourth-order valence-electron chi connectivity index (χ4n) is 2.17. The summed E-state index contributed by atoms with van der Waals surface area (Å²) in [7, 11) is 0. The lowest BCUT2D eigenvalue weighted by molar-refractivity contribution is 1.26. The molecule has 20 heavy (non-hydrogen) atoms. The van der Waals surface area contributed by atoms with Crippen LogP contribution in [0.3, 0.4) is 0 Å². The second kappa shape index (κ2) is 5.25. The maximum absolute atomic E-state index is 4.48. The number of aryl methyl sites for hydroxylation is 2. The molecule has 0 atom stereocenters. The van der Waals surface area contributed by atoms with Gasteiger partial charge in [0, 0.05) is 23.5 Å². The van der Waals surface area contributed by atoms with Gasteiger partial charge >= 0.3 is 0 Å². The van der Waals surface area contributed by atoms with E-state index in [1.807, 2.05) is 25.4 Å². The molecule has 98 valence electrons. The molecule has 2 aromatic heterocycles. The number of benzene rings is 1. The average molecular weight is 260 g/mol. The minimum Gasteiger partial charge on any atom is -0.256 e. The third-order valence-corrected chi connectivity index (χ3v) is 3.28. The van der Waals surface area contributed by atoms with Crippen molar-refractivity contribution < 1.29 is 0 Å². The largest absolute Gasteiger partial charge is 0.256 e. The van der Waals surface area contributed by atoms with E-state index in [9.17, 15) is 0 Å². The number of hydrogen-bond acceptors (Lipinski definition) is 2. The van der Waals surface area contributed by atoms with Crippen molar-refractivity contribution in [2.75, 3.05) is 0 Å². The van der Waals surface area contributed by atoms with Crippen LogP contribution in [-0.2, 0) is 0 Å². The Morgan fingerprint density at radius 3 is 2.20 bits per heavy atom. The molecule has 0 unspecified atom stereocenters. The van der Waals surface area contributed by atoms with Crippen LogP contribution in [0, 0.1) is 13.8 Å². The van der Waals surface area contributed by atoms with E-state index < -0.39 is 0 Å². The normalized spacial score (nSPS) is 10.5. The maximum atomic E-state index is 4.48. The molecule has 3 aromatic rings. The van der Waals surface area contributed by atoms with Crippen LogP contribution in [-0.4, -0.2) is 9.97 Å². The lowest BCUT2D eigenvalue weighted by Gasteiger charge is -2.06. The van der Waals surface area contributed by atoms with Crippen molar-refractivity contribution in [2.45, 2.75) is 13.8 Å². The molecule has 0 amide bonds. The molecule has 0 N–H and O–H groups in total. The van der Waals surface area contributed by atoms with E-state index >= 15 is 0 Å². The van der Waals surface area contributed by atoms with Gasteiger partial charge < -0.3 is 0 Å². The van der Waals surface area contributed by atoms with Crippen LogP contribution in [0.4, 0.5) is 0 Å². The summed E-state index contributed by atoms with van der Waals surface area (Å²) in [4.78, 5) is 8.92. The van der Waals surface area contributed by atoms with Crippen molar-refractivity contribution in [3.63, 3.8) is 0 Å².